The van der Waals surface area contributed by atoms with Crippen LogP contribution in [-0.4, -0.2) is 23.5 Å². The van der Waals surface area contributed by atoms with Crippen molar-refractivity contribution in [3.8, 4) is 11.1 Å². The fourth-order valence-electron chi connectivity index (χ4n) is 5.21. The largest absolute Gasteiger partial charge is 0.395 e. The molecule has 0 saturated heterocycles. The predicted molar refractivity (Wildman–Crippen MR) is 143 cm³/mol. The number of aliphatic hydroxyl groups excluding tert-OH is 1. The van der Waals surface area contributed by atoms with Crippen LogP contribution in [0.5, 0.6) is 0 Å². The molecule has 0 unspecified atom stereocenters. The quantitative estimate of drug-likeness (QED) is 0.205. The Balaban J connectivity index is 1.43. The van der Waals surface area contributed by atoms with Gasteiger partial charge in [0.05, 0.1) is 6.61 Å². The molecule has 0 bridgehead atoms. The molecule has 38 heavy (non-hydrogen) atoms. The van der Waals surface area contributed by atoms with Gasteiger partial charge in [0.15, 0.2) is 0 Å². The van der Waals surface area contributed by atoms with Crippen molar-refractivity contribution < 1.29 is 18.7 Å². The number of carbonyl (C=O) groups is 1. The lowest BCUT2D eigenvalue weighted by atomic mass is 9.72. The predicted octanol–water partition coefficient (Wildman–Crippen LogP) is 5.44. The molecule has 0 saturated carbocycles. The van der Waals surface area contributed by atoms with Crippen LogP contribution < -0.4 is 11.1 Å². The summed E-state index contributed by atoms with van der Waals surface area (Å²) in [7, 11) is 0. The van der Waals surface area contributed by atoms with Crippen LogP contribution in [0.25, 0.3) is 11.1 Å². The highest BCUT2D eigenvalue weighted by molar-refractivity contribution is 5.95. The van der Waals surface area contributed by atoms with Gasteiger partial charge in [0.1, 0.15) is 17.5 Å². The fraction of sp³-hybridized carbons (Fsp3) is 0.161. The maximum Gasteiger partial charge on any atom is 0.251 e. The molecule has 0 fully saturated rings. The summed E-state index contributed by atoms with van der Waals surface area (Å²) in [4.78, 5) is 13.0. The van der Waals surface area contributed by atoms with E-state index in [-0.39, 0.29) is 53.7 Å². The number of nitrogens with two attached hydrogens (primary N) is 1. The molecule has 2 atom stereocenters. The SMILES string of the molecule is C[C@H]1c2cc(C(=O)NCc3ccc(C(=N)N)cc3F)ccc2[C@@H](CO)c2ccc(-c3ccccc3F)cc21. The van der Waals surface area contributed by atoms with E-state index in [4.69, 9.17) is 11.1 Å². The van der Waals surface area contributed by atoms with Crippen LogP contribution >= 0.6 is 0 Å². The number of fused-ring (bicyclic) bond motifs is 2. The number of hydrogen-bond acceptors (Lipinski definition) is 3. The molecular formula is C31H27F2N3O2. The standard InChI is InChI=1S/C31H27F2N3O2/c1-17-25-12-18(22-4-2-3-5-28(22)32)8-10-23(25)27(16-37)24-11-9-20(13-26(17)24)31(38)36-15-21-7-6-19(30(34)35)14-29(21)33/h2-14,17,27,37H,15-16H2,1H3,(H3,34,35)(H,36,38)/t17-,27+/m1/s1. The second-order valence-electron chi connectivity index (χ2n) is 9.53. The molecule has 1 aliphatic rings. The molecule has 0 spiro atoms. The van der Waals surface area contributed by atoms with E-state index in [0.717, 1.165) is 27.8 Å². The summed E-state index contributed by atoms with van der Waals surface area (Å²) in [6.45, 7) is 1.90. The minimum Gasteiger partial charge on any atom is -0.395 e. The summed E-state index contributed by atoms with van der Waals surface area (Å²) in [5, 5.41) is 20.5. The van der Waals surface area contributed by atoms with Crippen molar-refractivity contribution in [3.63, 3.8) is 0 Å². The van der Waals surface area contributed by atoms with Gasteiger partial charge in [-0.2, -0.15) is 0 Å². The van der Waals surface area contributed by atoms with Crippen LogP contribution in [0.4, 0.5) is 8.78 Å². The van der Waals surface area contributed by atoms with Crippen LogP contribution in [-0.2, 0) is 6.54 Å². The lowest BCUT2D eigenvalue weighted by Gasteiger charge is -2.32. The summed E-state index contributed by atoms with van der Waals surface area (Å²) in [5.74, 6) is -1.81. The molecule has 1 amide bonds. The Morgan fingerprint density at radius 3 is 2.26 bits per heavy atom. The number of aliphatic hydroxyl groups is 1. The van der Waals surface area contributed by atoms with Crippen molar-refractivity contribution in [2.75, 3.05) is 6.61 Å². The topological polar surface area (TPSA) is 99.2 Å². The van der Waals surface area contributed by atoms with E-state index in [1.165, 1.54) is 24.3 Å². The number of nitrogens with one attached hydrogen (secondary N) is 2. The van der Waals surface area contributed by atoms with Crippen molar-refractivity contribution in [1.29, 1.82) is 5.41 Å². The first-order chi connectivity index (χ1) is 18.3. The summed E-state index contributed by atoms with van der Waals surface area (Å²) < 4.78 is 28.9. The van der Waals surface area contributed by atoms with Gasteiger partial charge in [-0.05, 0) is 52.1 Å². The van der Waals surface area contributed by atoms with E-state index in [0.29, 0.717) is 11.1 Å². The highest BCUT2D eigenvalue weighted by Crippen LogP contribution is 2.44. The van der Waals surface area contributed by atoms with E-state index in [2.05, 4.69) is 5.32 Å². The van der Waals surface area contributed by atoms with Crippen LogP contribution in [0.2, 0.25) is 0 Å². The molecule has 5 N–H and O–H groups in total. The summed E-state index contributed by atoms with van der Waals surface area (Å²) >= 11 is 0. The van der Waals surface area contributed by atoms with Gasteiger partial charge < -0.3 is 16.2 Å². The molecule has 192 valence electrons. The van der Waals surface area contributed by atoms with Gasteiger partial charge in [0.2, 0.25) is 0 Å². The highest BCUT2D eigenvalue weighted by atomic mass is 19.1. The fourth-order valence-corrected chi connectivity index (χ4v) is 5.21. The molecule has 4 aromatic carbocycles. The molecule has 0 aliphatic heterocycles. The van der Waals surface area contributed by atoms with Crippen LogP contribution in [0.1, 0.15) is 62.5 Å². The molecule has 7 heteroatoms. The van der Waals surface area contributed by atoms with Crippen molar-refractivity contribution in [2.24, 2.45) is 5.73 Å². The Labute approximate surface area is 219 Å². The molecular weight excluding hydrogens is 484 g/mol. The average molecular weight is 512 g/mol. The van der Waals surface area contributed by atoms with Gasteiger partial charge in [-0.15, -0.1) is 0 Å². The number of benzene rings is 4. The van der Waals surface area contributed by atoms with Crippen molar-refractivity contribution >= 4 is 11.7 Å². The van der Waals surface area contributed by atoms with Gasteiger partial charge in [-0.1, -0.05) is 61.5 Å². The zero-order chi connectivity index (χ0) is 27.0. The second kappa shape index (κ2) is 10.2. The molecule has 5 rings (SSSR count). The first-order valence-electron chi connectivity index (χ1n) is 12.3. The Bertz CT molecular complexity index is 1570. The van der Waals surface area contributed by atoms with E-state index in [1.807, 2.05) is 37.3 Å². The third-order valence-corrected chi connectivity index (χ3v) is 7.29. The molecule has 5 nitrogen and oxygen atoms in total. The maximum absolute atomic E-state index is 14.5. The summed E-state index contributed by atoms with van der Waals surface area (Å²) in [6, 6.07) is 22.0. The Morgan fingerprint density at radius 1 is 0.895 bits per heavy atom. The molecule has 0 heterocycles. The normalized spacial score (nSPS) is 15.9. The third-order valence-electron chi connectivity index (χ3n) is 7.29. The smallest absolute Gasteiger partial charge is 0.251 e. The van der Waals surface area contributed by atoms with E-state index >= 15 is 0 Å². The van der Waals surface area contributed by atoms with Crippen LogP contribution in [0.3, 0.4) is 0 Å². The number of rotatable bonds is 6. The van der Waals surface area contributed by atoms with E-state index in [9.17, 15) is 18.7 Å². The number of halogens is 2. The number of carbonyl (C=O) groups excluding carboxylic acids is 1. The zero-order valence-corrected chi connectivity index (χ0v) is 20.8. The number of hydrogen-bond donors (Lipinski definition) is 4. The van der Waals surface area contributed by atoms with Gasteiger partial charge in [0.25, 0.3) is 5.91 Å². The maximum atomic E-state index is 14.5. The Hall–Kier alpha value is -4.36. The highest BCUT2D eigenvalue weighted by Gasteiger charge is 2.31. The first kappa shape index (κ1) is 25.3. The summed E-state index contributed by atoms with van der Waals surface area (Å²) in [5.41, 5.74) is 11.4. The monoisotopic (exact) mass is 511 g/mol. The minimum atomic E-state index is -0.551. The Kier molecular flexibility index (Phi) is 6.78. The molecule has 4 aromatic rings. The third kappa shape index (κ3) is 4.57. The number of nitrogen functional groups attached to an aromatic ring is 1. The van der Waals surface area contributed by atoms with Gasteiger partial charge >= 0.3 is 0 Å². The summed E-state index contributed by atoms with van der Waals surface area (Å²) in [6.07, 6.45) is 0. The lowest BCUT2D eigenvalue weighted by Crippen LogP contribution is -2.25. The van der Waals surface area contributed by atoms with Crippen LogP contribution in [0, 0.1) is 17.0 Å². The minimum absolute atomic E-state index is 0.0242. The van der Waals surface area contributed by atoms with Crippen molar-refractivity contribution in [2.45, 2.75) is 25.3 Å². The number of amidine groups is 1. The van der Waals surface area contributed by atoms with Gasteiger partial charge in [-0.25, -0.2) is 8.78 Å². The van der Waals surface area contributed by atoms with E-state index < -0.39 is 5.82 Å². The van der Waals surface area contributed by atoms with Crippen LogP contribution in [0.15, 0.2) is 78.9 Å². The molecule has 0 radical (unpaired) electrons. The van der Waals surface area contributed by atoms with E-state index in [1.54, 1.807) is 24.3 Å². The molecule has 1 aliphatic carbocycles. The second-order valence-corrected chi connectivity index (χ2v) is 9.53. The molecule has 0 aromatic heterocycles. The average Bonchev–Trinajstić information content (AvgIpc) is 2.92. The van der Waals surface area contributed by atoms with Gasteiger partial charge in [0, 0.05) is 40.6 Å². The van der Waals surface area contributed by atoms with Gasteiger partial charge in [-0.3, -0.25) is 10.2 Å². The number of amides is 1. The lowest BCUT2D eigenvalue weighted by molar-refractivity contribution is 0.0950. The van der Waals surface area contributed by atoms with Crippen molar-refractivity contribution in [1.82, 2.24) is 5.32 Å². The first-order valence-corrected chi connectivity index (χ1v) is 12.3. The van der Waals surface area contributed by atoms with Crippen molar-refractivity contribution in [3.05, 3.63) is 129 Å². The Morgan fingerprint density at radius 2 is 1.58 bits per heavy atom. The zero-order valence-electron chi connectivity index (χ0n) is 20.8.